The quantitative estimate of drug-likeness (QED) is 0.857. The monoisotopic (exact) mass is 267 g/mol. The van der Waals surface area contributed by atoms with E-state index in [2.05, 4.69) is 10.6 Å². The van der Waals surface area contributed by atoms with Crippen LogP contribution >= 0.6 is 11.6 Å². The lowest BCUT2D eigenvalue weighted by atomic mass is 10.00. The average Bonchev–Trinajstić information content (AvgIpc) is 2.81. The van der Waals surface area contributed by atoms with Crippen molar-refractivity contribution in [3.63, 3.8) is 0 Å². The van der Waals surface area contributed by atoms with Gasteiger partial charge in [-0.1, -0.05) is 11.6 Å². The lowest BCUT2D eigenvalue weighted by Crippen LogP contribution is -2.48. The molecule has 2 N–H and O–H groups in total. The lowest BCUT2D eigenvalue weighted by Gasteiger charge is -2.29. The van der Waals surface area contributed by atoms with Gasteiger partial charge in [0.15, 0.2) is 0 Å². The first-order valence-corrected chi connectivity index (χ1v) is 6.88. The number of nitrogens with zero attached hydrogens (tertiary/aromatic N) is 1. The minimum Gasteiger partial charge on any atom is -0.348 e. The molecular weight excluding hydrogens is 250 g/mol. The summed E-state index contributed by atoms with van der Waals surface area (Å²) in [4.78, 5) is 12.2. The first-order valence-electron chi connectivity index (χ1n) is 6.50. The standard InChI is InChI=1S/C13H18ClN3O/c1-17-7-8(14)4-12(17)13(18)16-11-5-9-2-3-10(6-11)15-9/h4,7,9-11,15H,2-3,5-6H2,1H3,(H,16,18). The molecule has 3 heterocycles. The van der Waals surface area contributed by atoms with Gasteiger partial charge in [-0.15, -0.1) is 0 Å². The summed E-state index contributed by atoms with van der Waals surface area (Å²) in [7, 11) is 1.84. The topological polar surface area (TPSA) is 46.1 Å². The van der Waals surface area contributed by atoms with E-state index in [1.54, 1.807) is 16.8 Å². The van der Waals surface area contributed by atoms with Gasteiger partial charge in [-0.3, -0.25) is 4.79 Å². The second kappa shape index (κ2) is 4.59. The van der Waals surface area contributed by atoms with Crippen molar-refractivity contribution in [3.8, 4) is 0 Å². The van der Waals surface area contributed by atoms with Crippen LogP contribution in [0.25, 0.3) is 0 Å². The van der Waals surface area contributed by atoms with Gasteiger partial charge in [0.2, 0.25) is 0 Å². The fourth-order valence-corrected chi connectivity index (χ4v) is 3.43. The van der Waals surface area contributed by atoms with Crippen molar-refractivity contribution in [2.75, 3.05) is 0 Å². The molecule has 2 saturated heterocycles. The third-order valence-electron chi connectivity index (χ3n) is 4.01. The maximum Gasteiger partial charge on any atom is 0.268 e. The Morgan fingerprint density at radius 2 is 2.11 bits per heavy atom. The Morgan fingerprint density at radius 1 is 1.44 bits per heavy atom. The third-order valence-corrected chi connectivity index (χ3v) is 4.22. The molecule has 1 amide bonds. The Bertz CT molecular complexity index is 459. The molecule has 0 spiro atoms. The molecule has 2 bridgehead atoms. The molecule has 4 nitrogen and oxygen atoms in total. The maximum absolute atomic E-state index is 12.2. The number of rotatable bonds is 2. The lowest BCUT2D eigenvalue weighted by molar-refractivity contribution is 0.0915. The molecule has 2 aliphatic rings. The molecule has 3 rings (SSSR count). The smallest absolute Gasteiger partial charge is 0.268 e. The van der Waals surface area contributed by atoms with E-state index in [1.807, 2.05) is 7.05 Å². The van der Waals surface area contributed by atoms with Crippen molar-refractivity contribution in [1.29, 1.82) is 0 Å². The highest BCUT2D eigenvalue weighted by Gasteiger charge is 2.34. The summed E-state index contributed by atoms with van der Waals surface area (Å²) in [5, 5.41) is 7.31. The summed E-state index contributed by atoms with van der Waals surface area (Å²) < 4.78 is 1.77. The van der Waals surface area contributed by atoms with Crippen LogP contribution in [0, 0.1) is 0 Å². The molecule has 2 unspecified atom stereocenters. The van der Waals surface area contributed by atoms with Gasteiger partial charge in [0.25, 0.3) is 5.91 Å². The predicted octanol–water partition coefficient (Wildman–Crippen LogP) is 1.69. The minimum atomic E-state index is -0.0179. The summed E-state index contributed by atoms with van der Waals surface area (Å²) in [6, 6.07) is 3.19. The highest BCUT2D eigenvalue weighted by Crippen LogP contribution is 2.27. The number of hydrogen-bond acceptors (Lipinski definition) is 2. The molecule has 2 atom stereocenters. The van der Waals surface area contributed by atoms with Crippen molar-refractivity contribution in [2.24, 2.45) is 7.05 Å². The van der Waals surface area contributed by atoms with Crippen molar-refractivity contribution in [3.05, 3.63) is 23.0 Å². The predicted molar refractivity (Wildman–Crippen MR) is 70.9 cm³/mol. The normalized spacial score (nSPS) is 30.4. The van der Waals surface area contributed by atoms with Crippen LogP contribution < -0.4 is 10.6 Å². The second-order valence-corrected chi connectivity index (χ2v) is 5.87. The fourth-order valence-electron chi connectivity index (χ4n) is 3.18. The number of aromatic nitrogens is 1. The van der Waals surface area contributed by atoms with Gasteiger partial charge in [0.1, 0.15) is 5.69 Å². The highest BCUT2D eigenvalue weighted by molar-refractivity contribution is 6.31. The van der Waals surface area contributed by atoms with Crippen molar-refractivity contribution < 1.29 is 4.79 Å². The van der Waals surface area contributed by atoms with E-state index in [1.165, 1.54) is 12.8 Å². The van der Waals surface area contributed by atoms with E-state index >= 15 is 0 Å². The Morgan fingerprint density at radius 3 is 2.67 bits per heavy atom. The van der Waals surface area contributed by atoms with E-state index in [0.717, 1.165) is 12.8 Å². The molecular formula is C13H18ClN3O. The molecule has 0 aliphatic carbocycles. The van der Waals surface area contributed by atoms with E-state index in [-0.39, 0.29) is 5.91 Å². The largest absolute Gasteiger partial charge is 0.348 e. The third kappa shape index (κ3) is 2.27. The molecule has 2 aliphatic heterocycles. The van der Waals surface area contributed by atoms with Gasteiger partial charge >= 0.3 is 0 Å². The minimum absolute atomic E-state index is 0.0179. The van der Waals surface area contributed by atoms with Gasteiger partial charge in [-0.05, 0) is 31.7 Å². The number of halogens is 1. The van der Waals surface area contributed by atoms with Gasteiger partial charge in [-0.25, -0.2) is 0 Å². The van der Waals surface area contributed by atoms with E-state index < -0.39 is 0 Å². The Hall–Kier alpha value is -1.00. The van der Waals surface area contributed by atoms with Crippen molar-refractivity contribution in [2.45, 2.75) is 43.8 Å². The molecule has 1 aromatic rings. The molecule has 0 aromatic carbocycles. The number of piperidine rings is 1. The molecule has 5 heteroatoms. The number of aryl methyl sites for hydroxylation is 1. The van der Waals surface area contributed by atoms with E-state index in [9.17, 15) is 4.79 Å². The van der Waals surface area contributed by atoms with Crippen LogP contribution in [0.15, 0.2) is 12.3 Å². The van der Waals surface area contributed by atoms with Gasteiger partial charge in [-0.2, -0.15) is 0 Å². The van der Waals surface area contributed by atoms with Gasteiger partial charge < -0.3 is 15.2 Å². The van der Waals surface area contributed by atoms with Crippen LogP contribution in [-0.4, -0.2) is 28.6 Å². The van der Waals surface area contributed by atoms with Crippen molar-refractivity contribution >= 4 is 17.5 Å². The van der Waals surface area contributed by atoms with Crippen molar-refractivity contribution in [1.82, 2.24) is 15.2 Å². The number of carbonyl (C=O) groups is 1. The molecule has 1 aromatic heterocycles. The fraction of sp³-hybridized carbons (Fsp3) is 0.615. The van der Waals surface area contributed by atoms with Crippen LogP contribution in [-0.2, 0) is 7.05 Å². The summed E-state index contributed by atoms with van der Waals surface area (Å²) in [5.74, 6) is -0.0179. The number of carbonyl (C=O) groups excluding carboxylic acids is 1. The van der Waals surface area contributed by atoms with Gasteiger partial charge in [0, 0.05) is 31.4 Å². The van der Waals surface area contributed by atoms with Gasteiger partial charge in [0.05, 0.1) is 5.02 Å². The van der Waals surface area contributed by atoms with E-state index in [4.69, 9.17) is 11.6 Å². The van der Waals surface area contributed by atoms with Crippen LogP contribution in [0.1, 0.15) is 36.2 Å². The Labute approximate surface area is 112 Å². The van der Waals surface area contributed by atoms with E-state index in [0.29, 0.717) is 28.8 Å². The zero-order valence-electron chi connectivity index (χ0n) is 10.4. The molecule has 18 heavy (non-hydrogen) atoms. The summed E-state index contributed by atoms with van der Waals surface area (Å²) >= 11 is 5.90. The molecule has 0 radical (unpaired) electrons. The Balaban J connectivity index is 1.66. The molecule has 2 fully saturated rings. The first-order chi connectivity index (χ1) is 8.61. The molecule has 98 valence electrons. The zero-order valence-corrected chi connectivity index (χ0v) is 11.2. The number of fused-ring (bicyclic) bond motifs is 2. The average molecular weight is 268 g/mol. The van der Waals surface area contributed by atoms with Crippen LogP contribution in [0.3, 0.4) is 0 Å². The van der Waals surface area contributed by atoms with Crippen LogP contribution in [0.2, 0.25) is 5.02 Å². The SMILES string of the molecule is Cn1cc(Cl)cc1C(=O)NC1CC2CCC(C1)N2. The number of nitrogens with one attached hydrogen (secondary N) is 2. The van der Waals surface area contributed by atoms with Crippen LogP contribution in [0.5, 0.6) is 0 Å². The first kappa shape index (κ1) is 12.1. The summed E-state index contributed by atoms with van der Waals surface area (Å²) in [6.07, 6.45) is 6.32. The molecule has 0 saturated carbocycles. The summed E-state index contributed by atoms with van der Waals surface area (Å²) in [5.41, 5.74) is 0.630. The maximum atomic E-state index is 12.2. The second-order valence-electron chi connectivity index (χ2n) is 5.43. The highest BCUT2D eigenvalue weighted by atomic mass is 35.5. The summed E-state index contributed by atoms with van der Waals surface area (Å²) in [6.45, 7) is 0. The Kier molecular flexibility index (Phi) is 3.08. The number of hydrogen-bond donors (Lipinski definition) is 2. The number of amides is 1. The van der Waals surface area contributed by atoms with Crippen LogP contribution in [0.4, 0.5) is 0 Å². The zero-order chi connectivity index (χ0) is 12.7.